The molecule has 0 fully saturated rings. The smallest absolute Gasteiger partial charge is 0.315 e. The Hall–Kier alpha value is -3.02. The van der Waals surface area contributed by atoms with E-state index in [-0.39, 0.29) is 12.4 Å². The molecule has 0 atom stereocenters. The Kier molecular flexibility index (Phi) is 4.14. The second-order valence-corrected chi connectivity index (χ2v) is 5.32. The molecular formula is C17H16N4O2. The van der Waals surface area contributed by atoms with Crippen molar-refractivity contribution in [2.75, 3.05) is 0 Å². The van der Waals surface area contributed by atoms with Crippen molar-refractivity contribution in [3.05, 3.63) is 65.5 Å². The lowest BCUT2D eigenvalue weighted by atomic mass is 10.0. The molecule has 3 aromatic rings. The minimum Gasteiger partial charge on any atom is -0.426 e. The molecule has 1 heterocycles. The Labute approximate surface area is 133 Å². The maximum absolute atomic E-state index is 12.0. The second kappa shape index (κ2) is 6.39. The Bertz CT molecular complexity index is 811. The monoisotopic (exact) mass is 308 g/mol. The molecule has 6 nitrogen and oxygen atoms in total. The summed E-state index contributed by atoms with van der Waals surface area (Å²) in [5.74, 6) is 0.207. The van der Waals surface area contributed by atoms with Gasteiger partial charge in [-0.15, -0.1) is 5.10 Å². The molecule has 0 bridgehead atoms. The summed E-state index contributed by atoms with van der Waals surface area (Å²) in [6.07, 6.45) is 1.75. The number of hydrogen-bond donors (Lipinski definition) is 0. The average Bonchev–Trinajstić information content (AvgIpc) is 3.06. The Morgan fingerprint density at radius 2 is 1.87 bits per heavy atom. The van der Waals surface area contributed by atoms with Crippen LogP contribution in [0.1, 0.15) is 16.7 Å². The van der Waals surface area contributed by atoms with Crippen molar-refractivity contribution in [1.29, 1.82) is 0 Å². The van der Waals surface area contributed by atoms with Gasteiger partial charge in [0.1, 0.15) is 12.1 Å². The largest absolute Gasteiger partial charge is 0.426 e. The van der Waals surface area contributed by atoms with Crippen molar-refractivity contribution in [2.24, 2.45) is 0 Å². The van der Waals surface area contributed by atoms with Crippen LogP contribution in [0.3, 0.4) is 0 Å². The number of aryl methyl sites for hydroxylation is 2. The number of aromatic nitrogens is 4. The molecular weight excluding hydrogens is 292 g/mol. The quantitative estimate of drug-likeness (QED) is 0.547. The summed E-state index contributed by atoms with van der Waals surface area (Å²) in [6.45, 7) is 4.07. The van der Waals surface area contributed by atoms with Gasteiger partial charge >= 0.3 is 5.97 Å². The van der Waals surface area contributed by atoms with Crippen LogP contribution in [0.2, 0.25) is 0 Å². The molecule has 0 saturated carbocycles. The third-order valence-corrected chi connectivity index (χ3v) is 3.60. The molecule has 23 heavy (non-hydrogen) atoms. The van der Waals surface area contributed by atoms with E-state index in [0.717, 1.165) is 11.3 Å². The summed E-state index contributed by atoms with van der Waals surface area (Å²) in [5.41, 5.74) is 4.12. The van der Waals surface area contributed by atoms with Gasteiger partial charge in [-0.25, -0.2) is 4.68 Å². The molecule has 0 spiro atoms. The van der Waals surface area contributed by atoms with E-state index >= 15 is 0 Å². The Balaban J connectivity index is 1.64. The SMILES string of the molecule is Cc1ccc(CC(=O)Oc2ccc(-n3cnnn3)cc2)cc1C. The van der Waals surface area contributed by atoms with Crippen molar-refractivity contribution >= 4 is 5.97 Å². The van der Waals surface area contributed by atoms with E-state index in [4.69, 9.17) is 4.74 Å². The predicted octanol–water partition coefficient (Wildman–Crippen LogP) is 2.43. The molecule has 0 unspecified atom stereocenters. The van der Waals surface area contributed by atoms with Gasteiger partial charge in [0, 0.05) is 0 Å². The van der Waals surface area contributed by atoms with Crippen LogP contribution in [0, 0.1) is 13.8 Å². The Morgan fingerprint density at radius 1 is 1.09 bits per heavy atom. The minimum absolute atomic E-state index is 0.246. The molecule has 0 saturated heterocycles. The highest BCUT2D eigenvalue weighted by atomic mass is 16.5. The molecule has 3 rings (SSSR count). The Morgan fingerprint density at radius 3 is 2.52 bits per heavy atom. The van der Waals surface area contributed by atoms with Gasteiger partial charge < -0.3 is 4.74 Å². The summed E-state index contributed by atoms with van der Waals surface area (Å²) in [4.78, 5) is 12.0. The number of ether oxygens (including phenoxy) is 1. The third-order valence-electron chi connectivity index (χ3n) is 3.60. The van der Waals surface area contributed by atoms with Gasteiger partial charge in [0.25, 0.3) is 0 Å². The lowest BCUT2D eigenvalue weighted by molar-refractivity contribution is -0.133. The minimum atomic E-state index is -0.288. The molecule has 0 aliphatic heterocycles. The van der Waals surface area contributed by atoms with E-state index in [9.17, 15) is 4.79 Å². The fraction of sp³-hybridized carbons (Fsp3) is 0.176. The fourth-order valence-corrected chi connectivity index (χ4v) is 2.19. The fourth-order valence-electron chi connectivity index (χ4n) is 2.19. The first kappa shape index (κ1) is 14.9. The number of esters is 1. The van der Waals surface area contributed by atoms with Crippen LogP contribution in [0.4, 0.5) is 0 Å². The van der Waals surface area contributed by atoms with Crippen molar-refractivity contribution in [3.8, 4) is 11.4 Å². The first-order chi connectivity index (χ1) is 11.1. The maximum Gasteiger partial charge on any atom is 0.315 e. The zero-order chi connectivity index (χ0) is 16.2. The number of benzene rings is 2. The van der Waals surface area contributed by atoms with Crippen LogP contribution in [0.25, 0.3) is 5.69 Å². The van der Waals surface area contributed by atoms with Gasteiger partial charge in [0.15, 0.2) is 0 Å². The normalized spacial score (nSPS) is 10.5. The van der Waals surface area contributed by atoms with Gasteiger partial charge in [-0.1, -0.05) is 18.2 Å². The standard InChI is InChI=1S/C17H16N4O2/c1-12-3-4-14(9-13(12)2)10-17(22)23-16-7-5-15(6-8-16)21-11-18-19-20-21/h3-9,11H,10H2,1-2H3. The van der Waals surface area contributed by atoms with Crippen LogP contribution in [0.5, 0.6) is 5.75 Å². The zero-order valence-corrected chi connectivity index (χ0v) is 12.9. The lowest BCUT2D eigenvalue weighted by Crippen LogP contribution is -2.11. The molecule has 0 N–H and O–H groups in total. The molecule has 1 aromatic heterocycles. The number of rotatable bonds is 4. The molecule has 0 radical (unpaired) electrons. The topological polar surface area (TPSA) is 69.9 Å². The summed E-state index contributed by atoms with van der Waals surface area (Å²) in [5, 5.41) is 10.9. The van der Waals surface area contributed by atoms with Gasteiger partial charge in [0.05, 0.1) is 12.1 Å². The molecule has 116 valence electrons. The van der Waals surface area contributed by atoms with Crippen molar-refractivity contribution < 1.29 is 9.53 Å². The van der Waals surface area contributed by atoms with E-state index in [1.54, 1.807) is 24.3 Å². The van der Waals surface area contributed by atoms with E-state index in [1.165, 1.54) is 22.1 Å². The van der Waals surface area contributed by atoms with E-state index in [2.05, 4.69) is 15.5 Å². The van der Waals surface area contributed by atoms with Gasteiger partial charge in [0.2, 0.25) is 0 Å². The van der Waals surface area contributed by atoms with Crippen LogP contribution in [-0.4, -0.2) is 26.2 Å². The number of nitrogens with zero attached hydrogens (tertiary/aromatic N) is 4. The summed E-state index contributed by atoms with van der Waals surface area (Å²) < 4.78 is 6.89. The number of carbonyl (C=O) groups excluding carboxylic acids is 1. The highest BCUT2D eigenvalue weighted by Gasteiger charge is 2.08. The second-order valence-electron chi connectivity index (χ2n) is 5.32. The molecule has 0 amide bonds. The number of tetrazole rings is 1. The maximum atomic E-state index is 12.0. The first-order valence-corrected chi connectivity index (χ1v) is 7.22. The number of carbonyl (C=O) groups is 1. The summed E-state index contributed by atoms with van der Waals surface area (Å²) >= 11 is 0. The summed E-state index contributed by atoms with van der Waals surface area (Å²) in [7, 11) is 0. The summed E-state index contributed by atoms with van der Waals surface area (Å²) in [6, 6.07) is 13.0. The van der Waals surface area contributed by atoms with Crippen molar-refractivity contribution in [1.82, 2.24) is 20.2 Å². The zero-order valence-electron chi connectivity index (χ0n) is 12.9. The molecule has 6 heteroatoms. The molecule has 2 aromatic carbocycles. The van der Waals surface area contributed by atoms with Crippen LogP contribution < -0.4 is 4.74 Å². The van der Waals surface area contributed by atoms with E-state index in [1.807, 2.05) is 32.0 Å². The van der Waals surface area contributed by atoms with Gasteiger partial charge in [-0.2, -0.15) is 0 Å². The molecule has 0 aliphatic carbocycles. The van der Waals surface area contributed by atoms with Crippen molar-refractivity contribution in [2.45, 2.75) is 20.3 Å². The first-order valence-electron chi connectivity index (χ1n) is 7.22. The van der Waals surface area contributed by atoms with Gasteiger partial charge in [-0.3, -0.25) is 4.79 Å². The van der Waals surface area contributed by atoms with Gasteiger partial charge in [-0.05, 0) is 65.2 Å². The van der Waals surface area contributed by atoms with Crippen LogP contribution in [-0.2, 0) is 11.2 Å². The van der Waals surface area contributed by atoms with Crippen LogP contribution in [0.15, 0.2) is 48.8 Å². The highest BCUT2D eigenvalue weighted by molar-refractivity contribution is 5.75. The number of hydrogen-bond acceptors (Lipinski definition) is 5. The van der Waals surface area contributed by atoms with E-state index in [0.29, 0.717) is 5.75 Å². The third kappa shape index (κ3) is 3.60. The van der Waals surface area contributed by atoms with E-state index < -0.39 is 0 Å². The predicted molar refractivity (Wildman–Crippen MR) is 84.4 cm³/mol. The average molecular weight is 308 g/mol. The van der Waals surface area contributed by atoms with Crippen LogP contribution >= 0.6 is 0 Å². The lowest BCUT2D eigenvalue weighted by Gasteiger charge is -2.07. The van der Waals surface area contributed by atoms with Crippen molar-refractivity contribution in [3.63, 3.8) is 0 Å². The molecule has 0 aliphatic rings. The highest BCUT2D eigenvalue weighted by Crippen LogP contribution is 2.16.